The van der Waals surface area contributed by atoms with Gasteiger partial charge in [-0.25, -0.2) is 9.59 Å². The molecule has 0 aliphatic carbocycles. The Bertz CT molecular complexity index is 1120. The molecule has 0 bridgehead atoms. The number of anilines is 1. The molecular weight excluding hydrogens is 767 g/mol. The van der Waals surface area contributed by atoms with Crippen LogP contribution >= 0.6 is 54.5 Å². The molecule has 2 aromatic carbocycles. The van der Waals surface area contributed by atoms with Crippen LogP contribution in [0.25, 0.3) is 0 Å². The van der Waals surface area contributed by atoms with Gasteiger partial charge in [0.2, 0.25) is 0 Å². The molecule has 2 atom stereocenters. The van der Waals surface area contributed by atoms with Crippen LogP contribution in [0.3, 0.4) is 0 Å². The third-order valence-corrected chi connectivity index (χ3v) is 7.36. The summed E-state index contributed by atoms with van der Waals surface area (Å²) in [6, 6.07) is 16.6. The molecule has 41 heavy (non-hydrogen) atoms. The Hall–Kier alpha value is -1.57. The molecule has 2 fully saturated rings. The Kier molecular flexibility index (Phi) is 14.2. The summed E-state index contributed by atoms with van der Waals surface area (Å²) >= 11 is 9.09. The third kappa shape index (κ3) is 14.9. The Morgan fingerprint density at radius 2 is 1.37 bits per heavy atom. The number of ether oxygens (including phenoxy) is 2. The van der Waals surface area contributed by atoms with Crippen molar-refractivity contribution in [3.8, 4) is 0 Å². The highest BCUT2D eigenvalue weighted by Crippen LogP contribution is 2.21. The first kappa shape index (κ1) is 35.6. The minimum absolute atomic E-state index is 0.118. The number of halogens is 3. The fourth-order valence-electron chi connectivity index (χ4n) is 3.92. The van der Waals surface area contributed by atoms with Crippen LogP contribution < -0.4 is 11.1 Å². The van der Waals surface area contributed by atoms with Crippen molar-refractivity contribution in [2.45, 2.75) is 77.7 Å². The second kappa shape index (κ2) is 16.3. The Balaban J connectivity index is 0.000000239. The number of nitrogens with zero attached hydrogens (tertiary/aromatic N) is 2. The molecule has 0 aromatic heterocycles. The van der Waals surface area contributed by atoms with Crippen molar-refractivity contribution < 1.29 is 19.1 Å². The molecular formula is C30H43Br2IN4O4. The summed E-state index contributed by atoms with van der Waals surface area (Å²) in [5, 5.41) is 3.45. The smallest absolute Gasteiger partial charge is 0.410 e. The van der Waals surface area contributed by atoms with E-state index in [1.807, 2.05) is 77.9 Å². The van der Waals surface area contributed by atoms with Crippen LogP contribution in [0.5, 0.6) is 0 Å². The number of nitrogens with one attached hydrogen (secondary N) is 1. The van der Waals surface area contributed by atoms with E-state index in [9.17, 15) is 9.59 Å². The molecule has 2 aliphatic heterocycles. The molecule has 2 aliphatic rings. The third-order valence-electron chi connectivity index (χ3n) is 5.70. The van der Waals surface area contributed by atoms with Gasteiger partial charge in [0.1, 0.15) is 11.2 Å². The number of hydrogen-bond donors (Lipinski definition) is 2. The average molecular weight is 810 g/mol. The van der Waals surface area contributed by atoms with Gasteiger partial charge in [0, 0.05) is 56.5 Å². The predicted molar refractivity (Wildman–Crippen MR) is 181 cm³/mol. The van der Waals surface area contributed by atoms with E-state index in [0.717, 1.165) is 40.6 Å². The highest BCUT2D eigenvalue weighted by Gasteiger charge is 2.30. The van der Waals surface area contributed by atoms with Gasteiger partial charge in [0.05, 0.1) is 0 Å². The van der Waals surface area contributed by atoms with Gasteiger partial charge in [-0.2, -0.15) is 0 Å². The summed E-state index contributed by atoms with van der Waals surface area (Å²) in [7, 11) is 0. The minimum atomic E-state index is -0.438. The Morgan fingerprint density at radius 1 is 0.854 bits per heavy atom. The second-order valence-corrected chi connectivity index (χ2v) is 15.1. The van der Waals surface area contributed by atoms with Crippen molar-refractivity contribution in [2.24, 2.45) is 5.73 Å². The molecule has 2 amide bonds. The standard InChI is InChI=1S/C15H21BrN2O2.C9H18N2O2.C6H4BrI/c1-15(2,3)20-14(19)18-8-7-13(10-18)17-12-6-4-5-11(16)9-12;1-9(2,3)13-8(12)11-5-4-7(10)6-11;7-5-2-1-3-6(8)4-5/h4-6,9,13,17H,7-8,10H2,1-3H3;7H,4-6,10H2,1-3H3;1-4H. The lowest BCUT2D eigenvalue weighted by Gasteiger charge is -2.24. The average Bonchev–Trinajstić information content (AvgIpc) is 3.47. The first-order valence-electron chi connectivity index (χ1n) is 13.7. The van der Waals surface area contributed by atoms with Crippen LogP contribution in [-0.2, 0) is 9.47 Å². The molecule has 0 spiro atoms. The molecule has 2 heterocycles. The molecule has 8 nitrogen and oxygen atoms in total. The first-order valence-corrected chi connectivity index (χ1v) is 16.3. The van der Waals surface area contributed by atoms with Gasteiger partial charge < -0.3 is 30.3 Å². The van der Waals surface area contributed by atoms with Crippen LogP contribution in [0.4, 0.5) is 15.3 Å². The number of carbonyl (C=O) groups excluding carboxylic acids is 2. The molecule has 0 saturated carbocycles. The molecule has 2 saturated heterocycles. The number of benzene rings is 2. The number of rotatable bonds is 2. The van der Waals surface area contributed by atoms with E-state index >= 15 is 0 Å². The van der Waals surface area contributed by atoms with Gasteiger partial charge in [0.15, 0.2) is 0 Å². The van der Waals surface area contributed by atoms with Crippen LogP contribution in [0, 0.1) is 3.57 Å². The lowest BCUT2D eigenvalue weighted by atomic mass is 10.2. The Labute approximate surface area is 275 Å². The van der Waals surface area contributed by atoms with Gasteiger partial charge in [-0.15, -0.1) is 0 Å². The number of likely N-dealkylation sites (tertiary alicyclic amines) is 2. The van der Waals surface area contributed by atoms with Crippen LogP contribution in [0.15, 0.2) is 57.5 Å². The maximum Gasteiger partial charge on any atom is 0.410 e. The summed E-state index contributed by atoms with van der Waals surface area (Å²) in [5.74, 6) is 0. The first-order chi connectivity index (χ1) is 19.0. The zero-order valence-corrected chi connectivity index (χ0v) is 30.1. The number of nitrogens with two attached hydrogens (primary N) is 1. The number of hydrogen-bond acceptors (Lipinski definition) is 6. The van der Waals surface area contributed by atoms with Crippen LogP contribution in [-0.4, -0.2) is 71.5 Å². The van der Waals surface area contributed by atoms with E-state index in [2.05, 4.69) is 71.9 Å². The van der Waals surface area contributed by atoms with E-state index in [4.69, 9.17) is 15.2 Å². The predicted octanol–water partition coefficient (Wildman–Crippen LogP) is 7.88. The van der Waals surface area contributed by atoms with Crippen molar-refractivity contribution in [1.82, 2.24) is 9.80 Å². The summed E-state index contributed by atoms with van der Waals surface area (Å²) in [6.07, 6.45) is 1.34. The number of amides is 2. The fourth-order valence-corrected chi connectivity index (χ4v) is 5.69. The van der Waals surface area contributed by atoms with E-state index in [1.54, 1.807) is 9.80 Å². The summed E-state index contributed by atoms with van der Waals surface area (Å²) in [4.78, 5) is 26.9. The van der Waals surface area contributed by atoms with Crippen molar-refractivity contribution >= 4 is 72.3 Å². The Morgan fingerprint density at radius 3 is 1.80 bits per heavy atom. The second-order valence-electron chi connectivity index (χ2n) is 12.0. The lowest BCUT2D eigenvalue weighted by Crippen LogP contribution is -2.36. The quantitative estimate of drug-likeness (QED) is 0.300. The maximum atomic E-state index is 12.0. The number of carbonyl (C=O) groups is 2. The van der Waals surface area contributed by atoms with Gasteiger partial charge in [-0.1, -0.05) is 44.0 Å². The van der Waals surface area contributed by atoms with E-state index in [0.29, 0.717) is 13.1 Å². The lowest BCUT2D eigenvalue weighted by molar-refractivity contribution is 0.0282. The largest absolute Gasteiger partial charge is 0.444 e. The topological polar surface area (TPSA) is 97.1 Å². The van der Waals surface area contributed by atoms with Crippen LogP contribution in [0.2, 0.25) is 0 Å². The van der Waals surface area contributed by atoms with Gasteiger partial charge >= 0.3 is 12.2 Å². The van der Waals surface area contributed by atoms with Gasteiger partial charge in [0.25, 0.3) is 0 Å². The van der Waals surface area contributed by atoms with Crippen molar-refractivity contribution in [3.63, 3.8) is 0 Å². The van der Waals surface area contributed by atoms with Gasteiger partial charge in [-0.3, -0.25) is 0 Å². The normalized spacial score (nSPS) is 18.5. The maximum absolute atomic E-state index is 12.0. The zero-order valence-electron chi connectivity index (χ0n) is 24.8. The van der Waals surface area contributed by atoms with E-state index in [1.165, 1.54) is 3.57 Å². The van der Waals surface area contributed by atoms with Gasteiger partial charge in [-0.05, 0) is 113 Å². The highest BCUT2D eigenvalue weighted by molar-refractivity contribution is 14.1. The van der Waals surface area contributed by atoms with Crippen molar-refractivity contribution in [1.29, 1.82) is 0 Å². The molecule has 4 rings (SSSR count). The highest BCUT2D eigenvalue weighted by atomic mass is 127. The molecule has 11 heteroatoms. The minimum Gasteiger partial charge on any atom is -0.444 e. The molecule has 0 radical (unpaired) electrons. The summed E-state index contributed by atoms with van der Waals surface area (Å²) < 4.78 is 14.0. The SMILES string of the molecule is Brc1cccc(I)c1.CC(C)(C)OC(=O)N1CCC(N)C1.CC(C)(C)OC(=O)N1CCC(Nc2cccc(Br)c2)C1. The van der Waals surface area contributed by atoms with Crippen molar-refractivity contribution in [2.75, 3.05) is 31.5 Å². The zero-order chi connectivity index (χ0) is 30.8. The molecule has 2 unspecified atom stereocenters. The van der Waals surface area contributed by atoms with E-state index < -0.39 is 11.2 Å². The molecule has 2 aromatic rings. The van der Waals surface area contributed by atoms with Crippen molar-refractivity contribution in [3.05, 3.63) is 61.0 Å². The molecule has 3 N–H and O–H groups in total. The van der Waals surface area contributed by atoms with E-state index in [-0.39, 0.29) is 24.3 Å². The monoisotopic (exact) mass is 808 g/mol. The van der Waals surface area contributed by atoms with Crippen LogP contribution in [0.1, 0.15) is 54.4 Å². The fraction of sp³-hybridized carbons (Fsp3) is 0.533. The summed E-state index contributed by atoms with van der Waals surface area (Å²) in [6.45, 7) is 14.0. The molecule has 228 valence electrons. The summed E-state index contributed by atoms with van der Waals surface area (Å²) in [5.41, 5.74) is 5.89.